The van der Waals surface area contributed by atoms with Gasteiger partial charge >= 0.3 is 0 Å². The number of carbonyl (C=O) groups is 1. The third kappa shape index (κ3) is 11.6. The van der Waals surface area contributed by atoms with E-state index in [2.05, 4.69) is 43.9 Å². The number of hydrogen-bond acceptors (Lipinski definition) is 4. The van der Waals surface area contributed by atoms with E-state index in [4.69, 9.17) is 27.2 Å². The first-order chi connectivity index (χ1) is 19.2. The van der Waals surface area contributed by atoms with E-state index in [1.165, 1.54) is 5.56 Å². The Labute approximate surface area is 249 Å². The first-order valence-corrected chi connectivity index (χ1v) is 16.2. The second-order valence-electron chi connectivity index (χ2n) is 10.6. The van der Waals surface area contributed by atoms with Crippen LogP contribution in [0.2, 0.25) is 5.02 Å². The quantitative estimate of drug-likeness (QED) is 0.135. The maximum Gasteiger partial charge on any atom is 0.248 e. The van der Waals surface area contributed by atoms with Gasteiger partial charge in [0.2, 0.25) is 5.91 Å². The van der Waals surface area contributed by atoms with Crippen molar-refractivity contribution in [3.05, 3.63) is 70.8 Å². The topological polar surface area (TPSA) is 98.7 Å². The van der Waals surface area contributed by atoms with Crippen molar-refractivity contribution in [3.63, 3.8) is 0 Å². The highest BCUT2D eigenvalue weighted by Gasteiger charge is 2.17. The zero-order valence-electron chi connectivity index (χ0n) is 24.6. The number of nitrogens with zero attached hydrogens (tertiary/aromatic N) is 1. The van der Waals surface area contributed by atoms with Crippen LogP contribution in [0.1, 0.15) is 82.1 Å². The SMILES string of the molecule is CCC(C/C=C/CC(C)C(C)S(N)=O)CCN(CC)c1cc(C(N)=O)ccc1OCCCCc1cccc(Cl)c1. The summed E-state index contributed by atoms with van der Waals surface area (Å²) >= 11 is 6.10. The smallest absolute Gasteiger partial charge is 0.248 e. The van der Waals surface area contributed by atoms with Crippen LogP contribution >= 0.6 is 11.6 Å². The molecule has 2 rings (SSSR count). The molecule has 0 radical (unpaired) electrons. The predicted molar refractivity (Wildman–Crippen MR) is 170 cm³/mol. The fraction of sp³-hybridized carbons (Fsp3) is 0.531. The molecule has 1 amide bonds. The summed E-state index contributed by atoms with van der Waals surface area (Å²) in [5, 5.41) is 6.30. The molecule has 222 valence electrons. The predicted octanol–water partition coefficient (Wildman–Crippen LogP) is 7.07. The first kappa shape index (κ1) is 33.9. The summed E-state index contributed by atoms with van der Waals surface area (Å²) in [6.45, 7) is 10.6. The molecule has 0 fully saturated rings. The number of rotatable bonds is 19. The number of halogens is 1. The summed E-state index contributed by atoms with van der Waals surface area (Å²) in [4.78, 5) is 14.2. The lowest BCUT2D eigenvalue weighted by molar-refractivity contribution is 0.1000. The van der Waals surface area contributed by atoms with Crippen molar-refractivity contribution in [2.24, 2.45) is 22.7 Å². The molecular formula is C32H48ClN3O3S. The maximum atomic E-state index is 11.9. The van der Waals surface area contributed by atoms with Gasteiger partial charge in [0.1, 0.15) is 5.75 Å². The Balaban J connectivity index is 1.97. The van der Waals surface area contributed by atoms with Gasteiger partial charge in [0.25, 0.3) is 0 Å². The zero-order valence-corrected chi connectivity index (χ0v) is 26.2. The lowest BCUT2D eigenvalue weighted by Gasteiger charge is -2.27. The highest BCUT2D eigenvalue weighted by atomic mass is 35.5. The number of benzene rings is 2. The minimum Gasteiger partial charge on any atom is -0.491 e. The van der Waals surface area contributed by atoms with Gasteiger partial charge in [-0.15, -0.1) is 0 Å². The minimum absolute atomic E-state index is 0.0136. The largest absolute Gasteiger partial charge is 0.491 e. The average Bonchev–Trinajstić information content (AvgIpc) is 2.93. The molecule has 4 unspecified atom stereocenters. The summed E-state index contributed by atoms with van der Waals surface area (Å²) in [5.74, 6) is 1.16. The first-order valence-electron chi connectivity index (χ1n) is 14.5. The summed E-state index contributed by atoms with van der Waals surface area (Å²) in [6, 6.07) is 13.4. The molecule has 0 heterocycles. The van der Waals surface area contributed by atoms with E-state index in [9.17, 15) is 9.00 Å². The number of carbonyl (C=O) groups excluding carboxylic acids is 1. The Morgan fingerprint density at radius 3 is 2.50 bits per heavy atom. The van der Waals surface area contributed by atoms with E-state index in [0.29, 0.717) is 18.1 Å². The molecule has 2 aromatic carbocycles. The van der Waals surface area contributed by atoms with Gasteiger partial charge in [0.15, 0.2) is 0 Å². The van der Waals surface area contributed by atoms with Crippen LogP contribution in [0.4, 0.5) is 5.69 Å². The van der Waals surface area contributed by atoms with Crippen LogP contribution < -0.4 is 20.5 Å². The molecule has 2 aromatic rings. The number of amides is 1. The molecule has 0 bridgehead atoms. The molecule has 0 aliphatic carbocycles. The van der Waals surface area contributed by atoms with Crippen LogP contribution in [-0.2, 0) is 17.4 Å². The number of unbranched alkanes of at least 4 members (excludes halogenated alkanes) is 1. The number of primary amides is 1. The molecule has 0 saturated heterocycles. The zero-order chi connectivity index (χ0) is 29.5. The molecule has 0 saturated carbocycles. The van der Waals surface area contributed by atoms with Gasteiger partial charge in [-0.3, -0.25) is 9.93 Å². The third-order valence-corrected chi connectivity index (χ3v) is 9.10. The lowest BCUT2D eigenvalue weighted by atomic mass is 9.96. The molecule has 0 aliphatic rings. The van der Waals surface area contributed by atoms with Gasteiger partial charge in [-0.1, -0.05) is 56.2 Å². The Kier molecular flexibility index (Phi) is 15.4. The van der Waals surface area contributed by atoms with Crippen molar-refractivity contribution in [3.8, 4) is 5.75 Å². The third-order valence-electron chi connectivity index (χ3n) is 7.67. The van der Waals surface area contributed by atoms with E-state index in [1.807, 2.05) is 37.3 Å². The number of anilines is 1. The molecule has 4 atom stereocenters. The van der Waals surface area contributed by atoms with Gasteiger partial charge in [-0.05, 0) is 100 Å². The van der Waals surface area contributed by atoms with E-state index in [-0.39, 0.29) is 11.2 Å². The van der Waals surface area contributed by atoms with E-state index >= 15 is 0 Å². The van der Waals surface area contributed by atoms with Crippen LogP contribution in [0, 0.1) is 11.8 Å². The van der Waals surface area contributed by atoms with Crippen molar-refractivity contribution in [2.45, 2.75) is 77.9 Å². The molecular weight excluding hydrogens is 542 g/mol. The van der Waals surface area contributed by atoms with Gasteiger partial charge in [0, 0.05) is 28.9 Å². The highest BCUT2D eigenvalue weighted by molar-refractivity contribution is 7.83. The summed E-state index contributed by atoms with van der Waals surface area (Å²) < 4.78 is 17.7. The number of allylic oxidation sites excluding steroid dienone is 2. The van der Waals surface area contributed by atoms with Gasteiger partial charge < -0.3 is 15.4 Å². The van der Waals surface area contributed by atoms with Crippen LogP contribution in [-0.4, -0.2) is 35.1 Å². The standard InChI is InChI=1S/C32H48ClN3O3S/c1-5-26(13-8-7-12-24(3)25(4)40(35)38)19-20-36(6-2)30-23-28(32(34)37)17-18-31(30)39-21-10-9-14-27-15-11-16-29(33)22-27/h7-8,11,15-18,22-26H,5-6,9-10,12-14,19-21,35H2,1-4H3,(H2,34,37)/b8-7+. The van der Waals surface area contributed by atoms with Crippen LogP contribution in [0.3, 0.4) is 0 Å². The van der Waals surface area contributed by atoms with Crippen molar-refractivity contribution < 1.29 is 13.7 Å². The van der Waals surface area contributed by atoms with Gasteiger partial charge in [-0.2, -0.15) is 0 Å². The Morgan fingerprint density at radius 1 is 1.10 bits per heavy atom. The van der Waals surface area contributed by atoms with Crippen molar-refractivity contribution in [1.29, 1.82) is 0 Å². The van der Waals surface area contributed by atoms with Crippen molar-refractivity contribution in [1.82, 2.24) is 0 Å². The fourth-order valence-electron chi connectivity index (χ4n) is 4.64. The summed E-state index contributed by atoms with van der Waals surface area (Å²) in [5.41, 5.74) is 8.24. The van der Waals surface area contributed by atoms with Crippen LogP contribution in [0.25, 0.3) is 0 Å². The summed E-state index contributed by atoms with van der Waals surface area (Å²) in [6.07, 6.45) is 11.3. The normalized spacial score (nSPS) is 14.6. The molecule has 0 spiro atoms. The molecule has 6 nitrogen and oxygen atoms in total. The summed E-state index contributed by atoms with van der Waals surface area (Å²) in [7, 11) is -1.29. The van der Waals surface area contributed by atoms with Crippen LogP contribution in [0.5, 0.6) is 5.75 Å². The molecule has 0 aliphatic heterocycles. The number of nitrogens with two attached hydrogens (primary N) is 2. The number of aryl methyl sites for hydroxylation is 1. The van der Waals surface area contributed by atoms with Gasteiger partial charge in [0.05, 0.1) is 23.3 Å². The highest BCUT2D eigenvalue weighted by Crippen LogP contribution is 2.31. The van der Waals surface area contributed by atoms with Crippen molar-refractivity contribution in [2.75, 3.05) is 24.6 Å². The Hall–Kier alpha value is -2.35. The number of hydrogen-bond donors (Lipinski definition) is 2. The molecule has 40 heavy (non-hydrogen) atoms. The Bertz CT molecular complexity index is 1110. The number of ether oxygens (including phenoxy) is 1. The maximum absolute atomic E-state index is 11.9. The van der Waals surface area contributed by atoms with Crippen LogP contribution in [0.15, 0.2) is 54.6 Å². The van der Waals surface area contributed by atoms with Gasteiger partial charge in [-0.25, -0.2) is 4.21 Å². The van der Waals surface area contributed by atoms with E-state index in [0.717, 1.165) is 74.5 Å². The Morgan fingerprint density at radius 2 is 1.85 bits per heavy atom. The molecule has 4 N–H and O–H groups in total. The monoisotopic (exact) mass is 589 g/mol. The minimum atomic E-state index is -1.29. The average molecular weight is 590 g/mol. The second kappa shape index (κ2) is 18.2. The van der Waals surface area contributed by atoms with E-state index < -0.39 is 16.9 Å². The fourth-order valence-corrected chi connectivity index (χ4v) is 5.42. The lowest BCUT2D eigenvalue weighted by Crippen LogP contribution is -2.27. The molecule has 0 aromatic heterocycles. The second-order valence-corrected chi connectivity index (χ2v) is 12.4. The van der Waals surface area contributed by atoms with Crippen molar-refractivity contribution >= 4 is 34.2 Å². The van der Waals surface area contributed by atoms with E-state index in [1.54, 1.807) is 6.07 Å². The molecule has 8 heteroatoms.